The molecular weight excluding hydrogens is 126 g/mol. The number of hydrogen-bond donors (Lipinski definition) is 0. The lowest BCUT2D eigenvalue weighted by Gasteiger charge is -2.14. The van der Waals surface area contributed by atoms with E-state index in [4.69, 9.17) is 0 Å². The van der Waals surface area contributed by atoms with E-state index in [2.05, 4.69) is 0 Å². The second-order valence-electron chi connectivity index (χ2n) is 2.01. The van der Waals surface area contributed by atoms with Crippen molar-refractivity contribution in [2.24, 2.45) is 0 Å². The molecule has 3 heteroatoms. The van der Waals surface area contributed by atoms with Gasteiger partial charge in [0.15, 0.2) is 0 Å². The zero-order valence-corrected chi connectivity index (χ0v) is 4.73. The largest absolute Gasteiger partial charge is 0.309 e. The van der Waals surface area contributed by atoms with Crippen molar-refractivity contribution >= 4 is 5.78 Å². The van der Waals surface area contributed by atoms with Gasteiger partial charge in [-0.05, 0) is 12.5 Å². The Hall–Kier alpha value is -0.730. The number of rotatable bonds is 0. The summed E-state index contributed by atoms with van der Waals surface area (Å²) >= 11 is 0. The summed E-state index contributed by atoms with van der Waals surface area (Å²) in [6.45, 7) is 0. The molecule has 1 aliphatic rings. The molecule has 0 radical (unpaired) electrons. The quantitative estimate of drug-likeness (QED) is 0.488. The summed E-state index contributed by atoms with van der Waals surface area (Å²) in [6.07, 6.45) is 2.39. The molecule has 0 N–H and O–H groups in total. The van der Waals surface area contributed by atoms with Crippen LogP contribution in [0.2, 0.25) is 0 Å². The Kier molecular flexibility index (Phi) is 1.35. The number of carbonyl (C=O) groups is 1. The smallest absolute Gasteiger partial charge is 0.288 e. The summed E-state index contributed by atoms with van der Waals surface area (Å²) in [7, 11) is 0. The van der Waals surface area contributed by atoms with E-state index in [1.165, 1.54) is 6.08 Å². The number of carbonyl (C=O) groups excluding carboxylic acids is 1. The van der Waals surface area contributed by atoms with Gasteiger partial charge in [0.1, 0.15) is 0 Å². The topological polar surface area (TPSA) is 17.1 Å². The zero-order chi connectivity index (χ0) is 6.91. The van der Waals surface area contributed by atoms with E-state index in [0.29, 0.717) is 6.42 Å². The van der Waals surface area contributed by atoms with Gasteiger partial charge in [-0.15, -0.1) is 0 Å². The van der Waals surface area contributed by atoms with Crippen LogP contribution in [0.5, 0.6) is 0 Å². The fourth-order valence-corrected chi connectivity index (χ4v) is 0.700. The molecule has 0 heterocycles. The summed E-state index contributed by atoms with van der Waals surface area (Å²) in [4.78, 5) is 10.3. The first-order valence-corrected chi connectivity index (χ1v) is 2.72. The van der Waals surface area contributed by atoms with Crippen molar-refractivity contribution in [1.29, 1.82) is 0 Å². The second kappa shape index (κ2) is 1.90. The van der Waals surface area contributed by atoms with E-state index in [1.807, 2.05) is 0 Å². The highest BCUT2D eigenvalue weighted by Crippen LogP contribution is 2.25. The van der Waals surface area contributed by atoms with E-state index < -0.39 is 11.7 Å². The van der Waals surface area contributed by atoms with Gasteiger partial charge in [0, 0.05) is 6.42 Å². The Morgan fingerprint density at radius 3 is 2.56 bits per heavy atom. The first-order chi connectivity index (χ1) is 4.13. The van der Waals surface area contributed by atoms with Crippen molar-refractivity contribution < 1.29 is 13.6 Å². The second-order valence-corrected chi connectivity index (χ2v) is 2.01. The first kappa shape index (κ1) is 6.39. The van der Waals surface area contributed by atoms with Crippen LogP contribution in [0.25, 0.3) is 0 Å². The number of hydrogen-bond acceptors (Lipinski definition) is 1. The van der Waals surface area contributed by atoms with Crippen LogP contribution in [0.4, 0.5) is 8.78 Å². The van der Waals surface area contributed by atoms with Crippen molar-refractivity contribution in [3.8, 4) is 0 Å². The minimum Gasteiger partial charge on any atom is -0.288 e. The molecule has 0 aromatic carbocycles. The van der Waals surface area contributed by atoms with Gasteiger partial charge in [-0.1, -0.05) is 6.08 Å². The van der Waals surface area contributed by atoms with Crippen molar-refractivity contribution in [2.75, 3.05) is 0 Å². The zero-order valence-electron chi connectivity index (χ0n) is 4.73. The van der Waals surface area contributed by atoms with Crippen molar-refractivity contribution in [2.45, 2.75) is 18.8 Å². The van der Waals surface area contributed by atoms with Crippen LogP contribution in [0.15, 0.2) is 12.2 Å². The highest BCUT2D eigenvalue weighted by atomic mass is 19.3. The SMILES string of the molecule is O=C1C=CCCC1(F)F. The molecule has 0 aromatic rings. The van der Waals surface area contributed by atoms with Crippen LogP contribution >= 0.6 is 0 Å². The maximum absolute atomic E-state index is 12.2. The Morgan fingerprint density at radius 1 is 1.56 bits per heavy atom. The molecule has 0 atom stereocenters. The molecule has 1 nitrogen and oxygen atoms in total. The average Bonchev–Trinajstić information content (AvgIpc) is 1.77. The van der Waals surface area contributed by atoms with Gasteiger partial charge in [0.05, 0.1) is 0 Å². The third-order valence-electron chi connectivity index (χ3n) is 1.25. The molecule has 1 aliphatic carbocycles. The highest BCUT2D eigenvalue weighted by molar-refractivity contribution is 5.96. The van der Waals surface area contributed by atoms with E-state index in [-0.39, 0.29) is 6.42 Å². The molecule has 0 amide bonds. The third-order valence-corrected chi connectivity index (χ3v) is 1.25. The standard InChI is InChI=1S/C6H6F2O/c7-6(8)4-2-1-3-5(6)9/h1,3H,2,4H2. The Balaban J connectivity index is 2.78. The van der Waals surface area contributed by atoms with Crippen LogP contribution in [-0.2, 0) is 4.79 Å². The lowest BCUT2D eigenvalue weighted by Crippen LogP contribution is -2.28. The lowest BCUT2D eigenvalue weighted by atomic mass is 10.0. The normalized spacial score (nSPS) is 24.4. The summed E-state index contributed by atoms with van der Waals surface area (Å²) in [5.41, 5.74) is 0. The van der Waals surface area contributed by atoms with Gasteiger partial charge >= 0.3 is 5.92 Å². The molecule has 0 aromatic heterocycles. The summed E-state index contributed by atoms with van der Waals surface area (Å²) in [6, 6.07) is 0. The fraction of sp³-hybridized carbons (Fsp3) is 0.500. The Labute approximate surface area is 51.4 Å². The van der Waals surface area contributed by atoms with E-state index in [1.54, 1.807) is 0 Å². The molecule has 0 saturated carbocycles. The van der Waals surface area contributed by atoms with Gasteiger partial charge in [-0.25, -0.2) is 0 Å². The molecular formula is C6H6F2O. The minimum absolute atomic E-state index is 0.304. The van der Waals surface area contributed by atoms with Crippen molar-refractivity contribution in [3.63, 3.8) is 0 Å². The average molecular weight is 132 g/mol. The molecule has 0 fully saturated rings. The van der Waals surface area contributed by atoms with Crippen molar-refractivity contribution in [3.05, 3.63) is 12.2 Å². The van der Waals surface area contributed by atoms with Crippen LogP contribution < -0.4 is 0 Å². The number of halogens is 2. The summed E-state index contributed by atoms with van der Waals surface area (Å²) in [5.74, 6) is -4.15. The van der Waals surface area contributed by atoms with Crippen LogP contribution in [0.1, 0.15) is 12.8 Å². The molecule has 0 spiro atoms. The van der Waals surface area contributed by atoms with Gasteiger partial charge < -0.3 is 0 Å². The Bertz CT molecular complexity index is 160. The fourth-order valence-electron chi connectivity index (χ4n) is 0.700. The van der Waals surface area contributed by atoms with Gasteiger partial charge in [0.2, 0.25) is 5.78 Å². The maximum Gasteiger partial charge on any atom is 0.309 e. The lowest BCUT2D eigenvalue weighted by molar-refractivity contribution is -0.139. The molecule has 0 bridgehead atoms. The number of alkyl halides is 2. The van der Waals surface area contributed by atoms with E-state index >= 15 is 0 Å². The molecule has 50 valence electrons. The van der Waals surface area contributed by atoms with Gasteiger partial charge in [-0.2, -0.15) is 8.78 Å². The van der Waals surface area contributed by atoms with Crippen LogP contribution in [0, 0.1) is 0 Å². The molecule has 1 rings (SSSR count). The molecule has 0 aliphatic heterocycles. The predicted molar refractivity (Wildman–Crippen MR) is 28.3 cm³/mol. The first-order valence-electron chi connectivity index (χ1n) is 2.72. The number of allylic oxidation sites excluding steroid dienone is 2. The van der Waals surface area contributed by atoms with Crippen LogP contribution in [0.3, 0.4) is 0 Å². The minimum atomic E-state index is -3.09. The number of ketones is 1. The third kappa shape index (κ3) is 1.15. The molecule has 9 heavy (non-hydrogen) atoms. The molecule has 0 unspecified atom stereocenters. The summed E-state index contributed by atoms with van der Waals surface area (Å²) in [5, 5.41) is 0. The Morgan fingerprint density at radius 2 is 2.22 bits per heavy atom. The van der Waals surface area contributed by atoms with E-state index in [0.717, 1.165) is 6.08 Å². The monoisotopic (exact) mass is 132 g/mol. The highest BCUT2D eigenvalue weighted by Gasteiger charge is 2.37. The maximum atomic E-state index is 12.2. The van der Waals surface area contributed by atoms with Crippen LogP contribution in [-0.4, -0.2) is 11.7 Å². The van der Waals surface area contributed by atoms with Crippen molar-refractivity contribution in [1.82, 2.24) is 0 Å². The van der Waals surface area contributed by atoms with Gasteiger partial charge in [0.25, 0.3) is 0 Å². The van der Waals surface area contributed by atoms with E-state index in [9.17, 15) is 13.6 Å². The van der Waals surface area contributed by atoms with Gasteiger partial charge in [-0.3, -0.25) is 4.79 Å². The summed E-state index contributed by atoms with van der Waals surface area (Å²) < 4.78 is 24.4. The molecule has 0 saturated heterocycles. The predicted octanol–water partition coefficient (Wildman–Crippen LogP) is 1.54.